The fraction of sp³-hybridized carbons (Fsp3) is 0.471. The molecule has 25 heavy (non-hydrogen) atoms. The standard InChI is InChI=1S/C17H17F3N4O/c1-10(25)14-9-24(22-16(14)17(18,19)20)6-11-2-3-15(21-5-11)23-7-12-4-13(12)8-23/h2-3,5,9,12-13H,4,6-8H2,1H3. The van der Waals surface area contributed by atoms with Crippen molar-refractivity contribution in [3.63, 3.8) is 0 Å². The summed E-state index contributed by atoms with van der Waals surface area (Å²) >= 11 is 0. The lowest BCUT2D eigenvalue weighted by atomic mass is 10.2. The van der Waals surface area contributed by atoms with E-state index in [9.17, 15) is 18.0 Å². The number of nitrogens with zero attached hydrogens (tertiary/aromatic N) is 4. The maximum atomic E-state index is 13.0. The summed E-state index contributed by atoms with van der Waals surface area (Å²) in [5.41, 5.74) is -0.811. The van der Waals surface area contributed by atoms with E-state index in [1.54, 1.807) is 6.20 Å². The summed E-state index contributed by atoms with van der Waals surface area (Å²) in [4.78, 5) is 18.1. The van der Waals surface area contributed by atoms with Crippen LogP contribution in [0.4, 0.5) is 19.0 Å². The van der Waals surface area contributed by atoms with Crippen molar-refractivity contribution in [2.45, 2.75) is 26.1 Å². The summed E-state index contributed by atoms with van der Waals surface area (Å²) in [6, 6.07) is 3.73. The molecule has 0 N–H and O–H groups in total. The molecule has 0 spiro atoms. The number of anilines is 1. The highest BCUT2D eigenvalue weighted by Crippen LogP contribution is 2.45. The Balaban J connectivity index is 1.51. The first-order chi connectivity index (χ1) is 11.8. The van der Waals surface area contributed by atoms with Crippen LogP contribution in [-0.2, 0) is 12.7 Å². The number of hydrogen-bond donors (Lipinski definition) is 0. The topological polar surface area (TPSA) is 51.0 Å². The van der Waals surface area contributed by atoms with E-state index in [-0.39, 0.29) is 6.54 Å². The Labute approximate surface area is 142 Å². The maximum absolute atomic E-state index is 13.0. The molecule has 2 aromatic heterocycles. The van der Waals surface area contributed by atoms with Gasteiger partial charge < -0.3 is 4.90 Å². The molecule has 0 bridgehead atoms. The Bertz CT molecular complexity index is 802. The van der Waals surface area contributed by atoms with Crippen LogP contribution in [0.15, 0.2) is 24.5 Å². The number of alkyl halides is 3. The van der Waals surface area contributed by atoms with E-state index in [0.29, 0.717) is 0 Å². The molecule has 2 fully saturated rings. The molecule has 0 aromatic carbocycles. The second-order valence-corrected chi connectivity index (χ2v) is 6.83. The molecule has 3 heterocycles. The van der Waals surface area contributed by atoms with Gasteiger partial charge in [-0.1, -0.05) is 6.07 Å². The van der Waals surface area contributed by atoms with E-state index in [1.807, 2.05) is 12.1 Å². The van der Waals surface area contributed by atoms with Crippen LogP contribution in [0.5, 0.6) is 0 Å². The number of aromatic nitrogens is 3. The van der Waals surface area contributed by atoms with Gasteiger partial charge in [0.15, 0.2) is 11.5 Å². The fourth-order valence-electron chi connectivity index (χ4n) is 3.44. The first-order valence-electron chi connectivity index (χ1n) is 8.16. The normalized spacial score (nSPS) is 22.2. The lowest BCUT2D eigenvalue weighted by Crippen LogP contribution is -2.22. The Hall–Kier alpha value is -2.38. The number of halogens is 3. The van der Waals surface area contributed by atoms with Gasteiger partial charge in [0, 0.05) is 25.5 Å². The molecule has 1 aliphatic heterocycles. The Morgan fingerprint density at radius 1 is 1.28 bits per heavy atom. The Morgan fingerprint density at radius 3 is 2.52 bits per heavy atom. The highest BCUT2D eigenvalue weighted by molar-refractivity contribution is 5.95. The molecule has 4 rings (SSSR count). The van der Waals surface area contributed by atoms with Crippen LogP contribution >= 0.6 is 0 Å². The molecule has 2 unspecified atom stereocenters. The quantitative estimate of drug-likeness (QED) is 0.796. The average Bonchev–Trinajstić information content (AvgIpc) is 2.96. The molecule has 0 amide bonds. The number of ketones is 1. The van der Waals surface area contributed by atoms with Gasteiger partial charge in [0.2, 0.25) is 0 Å². The van der Waals surface area contributed by atoms with E-state index in [0.717, 1.165) is 54.1 Å². The Morgan fingerprint density at radius 2 is 2.00 bits per heavy atom. The van der Waals surface area contributed by atoms with Crippen molar-refractivity contribution >= 4 is 11.6 Å². The van der Waals surface area contributed by atoms with Gasteiger partial charge in [0.1, 0.15) is 5.82 Å². The molecule has 1 saturated heterocycles. The molecule has 2 aromatic rings. The zero-order valence-electron chi connectivity index (χ0n) is 13.6. The number of hydrogen-bond acceptors (Lipinski definition) is 4. The SMILES string of the molecule is CC(=O)c1cn(Cc2ccc(N3CC4CC4C3)nc2)nc1C(F)(F)F. The number of fused-ring (bicyclic) bond motifs is 1. The molecular weight excluding hydrogens is 333 g/mol. The van der Waals surface area contributed by atoms with Crippen molar-refractivity contribution in [2.75, 3.05) is 18.0 Å². The van der Waals surface area contributed by atoms with Crippen molar-refractivity contribution in [1.82, 2.24) is 14.8 Å². The molecule has 1 aliphatic carbocycles. The van der Waals surface area contributed by atoms with E-state index < -0.39 is 23.2 Å². The van der Waals surface area contributed by atoms with Crippen LogP contribution in [0.25, 0.3) is 0 Å². The summed E-state index contributed by atoms with van der Waals surface area (Å²) in [6.07, 6.45) is -0.534. The second-order valence-electron chi connectivity index (χ2n) is 6.83. The number of piperidine rings is 1. The van der Waals surface area contributed by atoms with Gasteiger partial charge in [0.25, 0.3) is 0 Å². The summed E-state index contributed by atoms with van der Waals surface area (Å²) in [6.45, 7) is 3.31. The van der Waals surface area contributed by atoms with Crippen LogP contribution < -0.4 is 4.90 Å². The summed E-state index contributed by atoms with van der Waals surface area (Å²) < 4.78 is 40.1. The molecule has 5 nitrogen and oxygen atoms in total. The Kier molecular flexibility index (Phi) is 3.59. The van der Waals surface area contributed by atoms with E-state index >= 15 is 0 Å². The molecule has 8 heteroatoms. The minimum atomic E-state index is -4.65. The van der Waals surface area contributed by atoms with Gasteiger partial charge in [-0.05, 0) is 36.8 Å². The van der Waals surface area contributed by atoms with Crippen molar-refractivity contribution in [1.29, 1.82) is 0 Å². The lowest BCUT2D eigenvalue weighted by molar-refractivity contribution is -0.141. The third-order valence-electron chi connectivity index (χ3n) is 4.87. The molecule has 2 atom stereocenters. The minimum Gasteiger partial charge on any atom is -0.356 e. The summed E-state index contributed by atoms with van der Waals surface area (Å²) in [5, 5.41) is 3.55. The number of pyridine rings is 1. The summed E-state index contributed by atoms with van der Waals surface area (Å²) in [7, 11) is 0. The highest BCUT2D eigenvalue weighted by atomic mass is 19.4. The largest absolute Gasteiger partial charge is 0.435 e. The monoisotopic (exact) mass is 350 g/mol. The number of Topliss-reactive ketones (excluding diaryl/α,β-unsaturated/α-hetero) is 1. The van der Waals surface area contributed by atoms with Crippen LogP contribution in [0.1, 0.15) is 35.0 Å². The van der Waals surface area contributed by atoms with Gasteiger partial charge in [-0.3, -0.25) is 9.48 Å². The van der Waals surface area contributed by atoms with E-state index in [1.165, 1.54) is 6.42 Å². The zero-order chi connectivity index (χ0) is 17.8. The van der Waals surface area contributed by atoms with Crippen LogP contribution in [0.3, 0.4) is 0 Å². The second kappa shape index (κ2) is 5.57. The van der Waals surface area contributed by atoms with E-state index in [2.05, 4.69) is 15.0 Å². The van der Waals surface area contributed by atoms with Gasteiger partial charge >= 0.3 is 6.18 Å². The third-order valence-corrected chi connectivity index (χ3v) is 4.87. The van der Waals surface area contributed by atoms with Gasteiger partial charge in [-0.2, -0.15) is 18.3 Å². The van der Waals surface area contributed by atoms with Crippen LogP contribution in [0, 0.1) is 11.8 Å². The predicted octanol–water partition coefficient (Wildman–Crippen LogP) is 3.00. The average molecular weight is 350 g/mol. The maximum Gasteiger partial charge on any atom is 0.435 e. The van der Waals surface area contributed by atoms with Crippen molar-refractivity contribution in [2.24, 2.45) is 11.8 Å². The minimum absolute atomic E-state index is 0.134. The van der Waals surface area contributed by atoms with Gasteiger partial charge in [0.05, 0.1) is 12.1 Å². The molecule has 0 radical (unpaired) electrons. The third kappa shape index (κ3) is 3.12. The number of carbonyl (C=O) groups is 1. The molecule has 2 aliphatic rings. The number of carbonyl (C=O) groups excluding carboxylic acids is 1. The highest BCUT2D eigenvalue weighted by Gasteiger charge is 2.45. The van der Waals surface area contributed by atoms with Gasteiger partial charge in [-0.25, -0.2) is 4.98 Å². The van der Waals surface area contributed by atoms with Crippen molar-refractivity contribution in [3.05, 3.63) is 41.3 Å². The first-order valence-corrected chi connectivity index (χ1v) is 8.16. The van der Waals surface area contributed by atoms with Gasteiger partial charge in [-0.15, -0.1) is 0 Å². The van der Waals surface area contributed by atoms with E-state index in [4.69, 9.17) is 0 Å². The fourth-order valence-corrected chi connectivity index (χ4v) is 3.44. The molecule has 1 saturated carbocycles. The van der Waals surface area contributed by atoms with Crippen LogP contribution in [0.2, 0.25) is 0 Å². The lowest BCUT2D eigenvalue weighted by Gasteiger charge is -2.18. The van der Waals surface area contributed by atoms with Crippen LogP contribution in [-0.4, -0.2) is 33.6 Å². The van der Waals surface area contributed by atoms with Crippen molar-refractivity contribution < 1.29 is 18.0 Å². The zero-order valence-corrected chi connectivity index (χ0v) is 13.6. The smallest absolute Gasteiger partial charge is 0.356 e. The molecular formula is C17H17F3N4O. The summed E-state index contributed by atoms with van der Waals surface area (Å²) in [5.74, 6) is 1.85. The van der Waals surface area contributed by atoms with Crippen molar-refractivity contribution in [3.8, 4) is 0 Å². The molecule has 132 valence electrons. The predicted molar refractivity (Wildman–Crippen MR) is 84.4 cm³/mol. The first kappa shape index (κ1) is 16.1. The number of rotatable bonds is 4.